The van der Waals surface area contributed by atoms with Crippen molar-refractivity contribution in [3.63, 3.8) is 0 Å². The predicted octanol–water partition coefficient (Wildman–Crippen LogP) is 4.74. The number of aryl methyl sites for hydroxylation is 1. The highest BCUT2D eigenvalue weighted by Crippen LogP contribution is 2.22. The fraction of sp³-hybridized carbons (Fsp3) is 0.0870. The average molecular weight is 370 g/mol. The lowest BCUT2D eigenvalue weighted by atomic mass is 10.2. The number of esters is 1. The fourth-order valence-electron chi connectivity index (χ4n) is 2.78. The second-order valence-electron chi connectivity index (χ2n) is 6.26. The Morgan fingerprint density at radius 2 is 1.50 bits per heavy atom. The molecular weight excluding hydrogens is 352 g/mol. The van der Waals surface area contributed by atoms with Gasteiger partial charge in [-0.3, -0.25) is 0 Å². The van der Waals surface area contributed by atoms with Crippen molar-refractivity contribution < 1.29 is 14.3 Å². The molecule has 0 saturated heterocycles. The summed E-state index contributed by atoms with van der Waals surface area (Å²) < 4.78 is 11.3. The molecule has 28 heavy (non-hydrogen) atoms. The Balaban J connectivity index is 1.47. The number of para-hydroxylation sites is 2. The monoisotopic (exact) mass is 370 g/mol. The first-order valence-corrected chi connectivity index (χ1v) is 8.91. The first kappa shape index (κ1) is 17.7. The molecular formula is C23H18N2O3. The van der Waals surface area contributed by atoms with E-state index in [9.17, 15) is 4.79 Å². The Morgan fingerprint density at radius 3 is 2.29 bits per heavy atom. The Hall–Kier alpha value is -3.73. The number of benzene rings is 3. The molecule has 5 heteroatoms. The standard InChI is InChI=1S/C23H18N2O3/c1-16-22(25-21-13-6-5-12-20(21)24-16)15-27-18-10-7-11-19(14-18)28-23(26)17-8-3-2-4-9-17/h2-14H,15H2,1H3. The Kier molecular flexibility index (Phi) is 4.97. The molecule has 0 N–H and O–H groups in total. The minimum Gasteiger partial charge on any atom is -0.487 e. The van der Waals surface area contributed by atoms with Crippen LogP contribution < -0.4 is 9.47 Å². The number of hydrogen-bond acceptors (Lipinski definition) is 5. The summed E-state index contributed by atoms with van der Waals surface area (Å²) in [4.78, 5) is 21.4. The highest BCUT2D eigenvalue weighted by Gasteiger charge is 2.10. The molecule has 0 aliphatic heterocycles. The number of hydrogen-bond donors (Lipinski definition) is 0. The number of ether oxygens (including phenoxy) is 2. The summed E-state index contributed by atoms with van der Waals surface area (Å²) in [7, 11) is 0. The van der Waals surface area contributed by atoms with Crippen molar-refractivity contribution in [1.29, 1.82) is 0 Å². The van der Waals surface area contributed by atoms with Crippen LogP contribution in [0, 0.1) is 6.92 Å². The molecule has 0 atom stereocenters. The highest BCUT2D eigenvalue weighted by atomic mass is 16.5. The number of rotatable bonds is 5. The third-order valence-electron chi connectivity index (χ3n) is 4.24. The van der Waals surface area contributed by atoms with E-state index >= 15 is 0 Å². The van der Waals surface area contributed by atoms with Crippen LogP contribution in [0.15, 0.2) is 78.9 Å². The van der Waals surface area contributed by atoms with Gasteiger partial charge in [-0.15, -0.1) is 0 Å². The summed E-state index contributed by atoms with van der Waals surface area (Å²) in [5.41, 5.74) is 3.78. The van der Waals surface area contributed by atoms with E-state index in [2.05, 4.69) is 9.97 Å². The van der Waals surface area contributed by atoms with Crippen LogP contribution in [0.2, 0.25) is 0 Å². The lowest BCUT2D eigenvalue weighted by molar-refractivity contribution is 0.0734. The van der Waals surface area contributed by atoms with Crippen LogP contribution in [0.3, 0.4) is 0 Å². The van der Waals surface area contributed by atoms with E-state index < -0.39 is 5.97 Å². The van der Waals surface area contributed by atoms with E-state index in [1.807, 2.05) is 43.3 Å². The molecule has 0 saturated carbocycles. The lowest BCUT2D eigenvalue weighted by Gasteiger charge is -2.10. The molecule has 0 bridgehead atoms. The van der Waals surface area contributed by atoms with E-state index in [1.54, 1.807) is 42.5 Å². The minimum atomic E-state index is -0.408. The lowest BCUT2D eigenvalue weighted by Crippen LogP contribution is -2.08. The molecule has 0 unspecified atom stereocenters. The fourth-order valence-corrected chi connectivity index (χ4v) is 2.78. The van der Waals surface area contributed by atoms with Gasteiger partial charge in [0, 0.05) is 6.07 Å². The van der Waals surface area contributed by atoms with Crippen molar-refractivity contribution >= 4 is 17.0 Å². The van der Waals surface area contributed by atoms with E-state index in [4.69, 9.17) is 9.47 Å². The third-order valence-corrected chi connectivity index (χ3v) is 4.24. The van der Waals surface area contributed by atoms with E-state index in [1.165, 1.54) is 0 Å². The molecule has 4 aromatic rings. The molecule has 0 radical (unpaired) electrons. The van der Waals surface area contributed by atoms with Gasteiger partial charge in [0.2, 0.25) is 0 Å². The maximum absolute atomic E-state index is 12.2. The van der Waals surface area contributed by atoms with Crippen molar-refractivity contribution in [3.05, 3.63) is 95.8 Å². The van der Waals surface area contributed by atoms with Gasteiger partial charge < -0.3 is 9.47 Å². The molecule has 4 rings (SSSR count). The van der Waals surface area contributed by atoms with Gasteiger partial charge in [0.05, 0.1) is 28.0 Å². The molecule has 0 aliphatic rings. The van der Waals surface area contributed by atoms with Gasteiger partial charge in [0.15, 0.2) is 0 Å². The molecule has 1 aromatic heterocycles. The molecule has 0 aliphatic carbocycles. The summed E-state index contributed by atoms with van der Waals surface area (Å²) in [5, 5.41) is 0. The first-order chi connectivity index (χ1) is 13.7. The Bertz CT molecular complexity index is 1130. The largest absolute Gasteiger partial charge is 0.487 e. The average Bonchev–Trinajstić information content (AvgIpc) is 2.73. The Morgan fingerprint density at radius 1 is 0.821 bits per heavy atom. The molecule has 0 fully saturated rings. The molecule has 1 heterocycles. The maximum Gasteiger partial charge on any atom is 0.343 e. The van der Waals surface area contributed by atoms with Gasteiger partial charge in [-0.1, -0.05) is 36.4 Å². The van der Waals surface area contributed by atoms with Gasteiger partial charge in [-0.05, 0) is 43.3 Å². The van der Waals surface area contributed by atoms with Gasteiger partial charge in [0.1, 0.15) is 18.1 Å². The van der Waals surface area contributed by atoms with Crippen LogP contribution >= 0.6 is 0 Å². The number of nitrogens with zero attached hydrogens (tertiary/aromatic N) is 2. The first-order valence-electron chi connectivity index (χ1n) is 8.91. The van der Waals surface area contributed by atoms with Gasteiger partial charge in [0.25, 0.3) is 0 Å². The Labute approximate surface area is 162 Å². The summed E-state index contributed by atoms with van der Waals surface area (Å²) in [6.45, 7) is 2.19. The number of carbonyl (C=O) groups excluding carboxylic acids is 1. The van der Waals surface area contributed by atoms with Crippen LogP contribution in [0.1, 0.15) is 21.7 Å². The van der Waals surface area contributed by atoms with E-state index in [0.29, 0.717) is 17.1 Å². The van der Waals surface area contributed by atoms with E-state index in [-0.39, 0.29) is 6.61 Å². The van der Waals surface area contributed by atoms with Crippen molar-refractivity contribution in [2.75, 3.05) is 0 Å². The number of aromatic nitrogens is 2. The molecule has 5 nitrogen and oxygen atoms in total. The van der Waals surface area contributed by atoms with E-state index in [0.717, 1.165) is 22.4 Å². The van der Waals surface area contributed by atoms with Gasteiger partial charge >= 0.3 is 5.97 Å². The van der Waals surface area contributed by atoms with Crippen LogP contribution in [-0.2, 0) is 6.61 Å². The summed E-state index contributed by atoms with van der Waals surface area (Å²) in [6, 6.07) is 23.6. The highest BCUT2D eigenvalue weighted by molar-refractivity contribution is 5.91. The summed E-state index contributed by atoms with van der Waals surface area (Å²) in [5.74, 6) is 0.606. The zero-order chi connectivity index (χ0) is 19.3. The molecule has 0 amide bonds. The van der Waals surface area contributed by atoms with Crippen molar-refractivity contribution in [3.8, 4) is 11.5 Å². The zero-order valence-corrected chi connectivity index (χ0v) is 15.3. The third kappa shape index (κ3) is 3.99. The van der Waals surface area contributed by atoms with Gasteiger partial charge in [-0.25, -0.2) is 14.8 Å². The van der Waals surface area contributed by atoms with Crippen LogP contribution in [0.25, 0.3) is 11.0 Å². The second-order valence-corrected chi connectivity index (χ2v) is 6.26. The second kappa shape index (κ2) is 7.88. The maximum atomic E-state index is 12.2. The quantitative estimate of drug-likeness (QED) is 0.375. The number of fused-ring (bicyclic) bond motifs is 1. The van der Waals surface area contributed by atoms with Crippen molar-refractivity contribution in [1.82, 2.24) is 9.97 Å². The summed E-state index contributed by atoms with van der Waals surface area (Å²) >= 11 is 0. The van der Waals surface area contributed by atoms with Crippen LogP contribution in [-0.4, -0.2) is 15.9 Å². The van der Waals surface area contributed by atoms with Gasteiger partial charge in [-0.2, -0.15) is 0 Å². The van der Waals surface area contributed by atoms with Crippen LogP contribution in [0.5, 0.6) is 11.5 Å². The molecule has 138 valence electrons. The summed E-state index contributed by atoms with van der Waals surface area (Å²) in [6.07, 6.45) is 0. The topological polar surface area (TPSA) is 61.3 Å². The van der Waals surface area contributed by atoms with Crippen LogP contribution in [0.4, 0.5) is 0 Å². The molecule has 3 aromatic carbocycles. The smallest absolute Gasteiger partial charge is 0.343 e. The predicted molar refractivity (Wildman–Crippen MR) is 106 cm³/mol. The van der Waals surface area contributed by atoms with Crippen molar-refractivity contribution in [2.24, 2.45) is 0 Å². The van der Waals surface area contributed by atoms with Crippen molar-refractivity contribution in [2.45, 2.75) is 13.5 Å². The SMILES string of the molecule is Cc1nc2ccccc2nc1COc1cccc(OC(=O)c2ccccc2)c1. The number of carbonyl (C=O) groups is 1. The normalized spacial score (nSPS) is 10.6. The minimum absolute atomic E-state index is 0.278. The zero-order valence-electron chi connectivity index (χ0n) is 15.3. The molecule has 0 spiro atoms.